The number of likely N-dealkylation sites (N-methyl/N-ethyl adjacent to an activating group) is 1. The minimum atomic E-state index is -0.673. The van der Waals surface area contributed by atoms with E-state index in [2.05, 4.69) is 10.6 Å². The minimum absolute atomic E-state index is 0.217. The summed E-state index contributed by atoms with van der Waals surface area (Å²) in [6.07, 6.45) is 0. The number of benzene rings is 1. The summed E-state index contributed by atoms with van der Waals surface area (Å²) in [7, 11) is 1.84. The number of hydrogen-bond acceptors (Lipinski definition) is 8. The van der Waals surface area contributed by atoms with Crippen LogP contribution in [0.2, 0.25) is 0 Å². The lowest BCUT2D eigenvalue weighted by molar-refractivity contribution is -0.393. The molecule has 0 saturated carbocycles. The van der Waals surface area contributed by atoms with Gasteiger partial charge in [-0.05, 0) is 13.1 Å². The highest BCUT2D eigenvalue weighted by Crippen LogP contribution is 2.28. The van der Waals surface area contributed by atoms with Crippen molar-refractivity contribution in [1.29, 1.82) is 0 Å². The van der Waals surface area contributed by atoms with E-state index in [1.54, 1.807) is 0 Å². The Bertz CT molecular complexity index is 525. The van der Waals surface area contributed by atoms with E-state index in [-0.39, 0.29) is 17.1 Å². The quantitative estimate of drug-likeness (QED) is 0.332. The first kappa shape index (κ1) is 18.7. The van der Waals surface area contributed by atoms with E-state index < -0.39 is 9.85 Å². The smallest absolute Gasteiger partial charge is 0.299 e. The second-order valence-electron chi connectivity index (χ2n) is 4.47. The number of hydrogen-bond donors (Lipinski definition) is 2. The SMILES string of the molecule is CNCCOCCOCCNc1ccc([N+](=O)[O-])cc1[N+](=O)[O-]. The molecule has 0 amide bonds. The number of non-ortho nitro benzene ring substituents is 1. The van der Waals surface area contributed by atoms with Crippen molar-refractivity contribution in [1.82, 2.24) is 5.32 Å². The van der Waals surface area contributed by atoms with Crippen molar-refractivity contribution in [2.45, 2.75) is 0 Å². The molecule has 23 heavy (non-hydrogen) atoms. The minimum Gasteiger partial charge on any atom is -0.378 e. The van der Waals surface area contributed by atoms with Gasteiger partial charge in [0.15, 0.2) is 0 Å². The largest absolute Gasteiger partial charge is 0.378 e. The van der Waals surface area contributed by atoms with Crippen molar-refractivity contribution in [2.24, 2.45) is 0 Å². The maximum Gasteiger partial charge on any atom is 0.299 e. The van der Waals surface area contributed by atoms with Crippen molar-refractivity contribution in [3.05, 3.63) is 38.4 Å². The Hall–Kier alpha value is -2.30. The highest BCUT2D eigenvalue weighted by atomic mass is 16.6. The number of rotatable bonds is 12. The van der Waals surface area contributed by atoms with Gasteiger partial charge in [-0.15, -0.1) is 0 Å². The van der Waals surface area contributed by atoms with Gasteiger partial charge in [-0.1, -0.05) is 0 Å². The summed E-state index contributed by atoms with van der Waals surface area (Å²) in [6, 6.07) is 3.46. The number of nitro benzene ring substituents is 2. The van der Waals surface area contributed by atoms with Crippen LogP contribution in [0.4, 0.5) is 17.1 Å². The first-order valence-electron chi connectivity index (χ1n) is 7.03. The molecule has 0 heterocycles. The van der Waals surface area contributed by atoms with E-state index in [9.17, 15) is 20.2 Å². The lowest BCUT2D eigenvalue weighted by Gasteiger charge is -2.08. The summed E-state index contributed by atoms with van der Waals surface area (Å²) < 4.78 is 10.6. The van der Waals surface area contributed by atoms with E-state index >= 15 is 0 Å². The lowest BCUT2D eigenvalue weighted by Crippen LogP contribution is -2.17. The van der Waals surface area contributed by atoms with Crippen LogP contribution < -0.4 is 10.6 Å². The molecule has 0 aliphatic heterocycles. The average Bonchev–Trinajstić information content (AvgIpc) is 2.53. The van der Waals surface area contributed by atoms with Crippen LogP contribution in [0, 0.1) is 20.2 Å². The summed E-state index contributed by atoms with van der Waals surface area (Å²) in [6.45, 7) is 2.95. The fraction of sp³-hybridized carbons (Fsp3) is 0.538. The molecule has 0 radical (unpaired) electrons. The first-order chi connectivity index (χ1) is 11.1. The van der Waals surface area contributed by atoms with Crippen molar-refractivity contribution in [2.75, 3.05) is 51.9 Å². The molecule has 0 aromatic heterocycles. The Balaban J connectivity index is 2.34. The van der Waals surface area contributed by atoms with Crippen LogP contribution in [0.3, 0.4) is 0 Å². The highest BCUT2D eigenvalue weighted by Gasteiger charge is 2.18. The van der Waals surface area contributed by atoms with Gasteiger partial charge in [-0.3, -0.25) is 20.2 Å². The Kier molecular flexibility index (Phi) is 8.50. The summed E-state index contributed by atoms with van der Waals surface area (Å²) in [4.78, 5) is 20.3. The molecule has 1 rings (SSSR count). The van der Waals surface area contributed by atoms with Crippen LogP contribution in [0.1, 0.15) is 0 Å². The molecule has 0 fully saturated rings. The predicted octanol–water partition coefficient (Wildman–Crippen LogP) is 1.17. The van der Waals surface area contributed by atoms with Crippen LogP contribution >= 0.6 is 0 Å². The molecule has 0 bridgehead atoms. The van der Waals surface area contributed by atoms with Gasteiger partial charge in [0.05, 0.1) is 42.3 Å². The van der Waals surface area contributed by atoms with Gasteiger partial charge in [0.25, 0.3) is 11.4 Å². The zero-order valence-electron chi connectivity index (χ0n) is 12.8. The average molecular weight is 328 g/mol. The molecule has 1 aromatic rings. The van der Waals surface area contributed by atoms with Gasteiger partial charge in [0.1, 0.15) is 5.69 Å². The van der Waals surface area contributed by atoms with Gasteiger partial charge in [0, 0.05) is 19.2 Å². The molecule has 10 heteroatoms. The van der Waals surface area contributed by atoms with E-state index in [1.165, 1.54) is 12.1 Å². The summed E-state index contributed by atoms with van der Waals surface area (Å²) in [5, 5.41) is 27.4. The monoisotopic (exact) mass is 328 g/mol. The van der Waals surface area contributed by atoms with E-state index in [0.717, 1.165) is 12.6 Å². The summed E-state index contributed by atoms with van der Waals surface area (Å²) in [5.74, 6) is 0. The number of nitro groups is 2. The summed E-state index contributed by atoms with van der Waals surface area (Å²) in [5.41, 5.74) is -0.443. The molecule has 1 aromatic carbocycles. The summed E-state index contributed by atoms with van der Waals surface area (Å²) >= 11 is 0. The van der Waals surface area contributed by atoms with Crippen LogP contribution in [0.5, 0.6) is 0 Å². The van der Waals surface area contributed by atoms with Gasteiger partial charge in [-0.2, -0.15) is 0 Å². The molecule has 0 aliphatic rings. The maximum atomic E-state index is 10.9. The second-order valence-corrected chi connectivity index (χ2v) is 4.47. The maximum absolute atomic E-state index is 10.9. The first-order valence-corrected chi connectivity index (χ1v) is 7.03. The highest BCUT2D eigenvalue weighted by molar-refractivity contribution is 5.65. The molecule has 0 saturated heterocycles. The van der Waals surface area contributed by atoms with E-state index in [0.29, 0.717) is 33.0 Å². The lowest BCUT2D eigenvalue weighted by atomic mass is 10.2. The molecule has 2 N–H and O–H groups in total. The van der Waals surface area contributed by atoms with Crippen molar-refractivity contribution in [3.63, 3.8) is 0 Å². The van der Waals surface area contributed by atoms with Gasteiger partial charge in [0.2, 0.25) is 0 Å². The standard InChI is InChI=1S/C13H20N4O6/c1-14-4-6-22-8-9-23-7-5-15-12-3-2-11(16(18)19)10-13(12)17(20)21/h2-3,10,14-15H,4-9H2,1H3. The van der Waals surface area contributed by atoms with Crippen molar-refractivity contribution < 1.29 is 19.3 Å². The van der Waals surface area contributed by atoms with Crippen LogP contribution in [0.15, 0.2) is 18.2 Å². The van der Waals surface area contributed by atoms with E-state index in [1.807, 2.05) is 7.05 Å². The fourth-order valence-electron chi connectivity index (χ4n) is 1.69. The molecular weight excluding hydrogens is 308 g/mol. The van der Waals surface area contributed by atoms with Gasteiger partial charge < -0.3 is 20.1 Å². The van der Waals surface area contributed by atoms with Crippen molar-refractivity contribution >= 4 is 17.1 Å². The second kappa shape index (κ2) is 10.4. The molecule has 0 atom stereocenters. The Morgan fingerprint density at radius 2 is 1.65 bits per heavy atom. The third-order valence-electron chi connectivity index (χ3n) is 2.82. The molecule has 0 unspecified atom stereocenters. The molecule has 10 nitrogen and oxygen atoms in total. The number of ether oxygens (including phenoxy) is 2. The number of nitrogens with one attached hydrogen (secondary N) is 2. The number of nitrogens with zero attached hydrogens (tertiary/aromatic N) is 2. The topological polar surface area (TPSA) is 129 Å². The molecular formula is C13H20N4O6. The predicted molar refractivity (Wildman–Crippen MR) is 83.8 cm³/mol. The third kappa shape index (κ3) is 7.00. The van der Waals surface area contributed by atoms with Crippen LogP contribution in [-0.4, -0.2) is 56.4 Å². The molecule has 128 valence electrons. The third-order valence-corrected chi connectivity index (χ3v) is 2.82. The van der Waals surface area contributed by atoms with Crippen LogP contribution in [0.25, 0.3) is 0 Å². The van der Waals surface area contributed by atoms with Crippen LogP contribution in [-0.2, 0) is 9.47 Å². The molecule has 0 aliphatic carbocycles. The zero-order chi connectivity index (χ0) is 17.1. The Morgan fingerprint density at radius 3 is 2.22 bits per heavy atom. The Morgan fingerprint density at radius 1 is 1.00 bits per heavy atom. The fourth-order valence-corrected chi connectivity index (χ4v) is 1.69. The van der Waals surface area contributed by atoms with Crippen molar-refractivity contribution in [3.8, 4) is 0 Å². The van der Waals surface area contributed by atoms with E-state index in [4.69, 9.17) is 9.47 Å². The number of anilines is 1. The van der Waals surface area contributed by atoms with Gasteiger partial charge in [-0.25, -0.2) is 0 Å². The zero-order valence-corrected chi connectivity index (χ0v) is 12.8. The van der Waals surface area contributed by atoms with Gasteiger partial charge >= 0.3 is 0 Å². The Labute approximate surface area is 133 Å². The molecule has 0 spiro atoms. The normalized spacial score (nSPS) is 10.5.